The number of anilines is 1. The average molecular weight is 455 g/mol. The molecule has 1 unspecified atom stereocenters. The number of carbonyl (C=O) groups is 2. The Kier molecular flexibility index (Phi) is 7.13. The summed E-state index contributed by atoms with van der Waals surface area (Å²) in [5.41, 5.74) is 3.00. The second kappa shape index (κ2) is 10.0. The Bertz CT molecular complexity index is 955. The monoisotopic (exact) mass is 454 g/mol. The third-order valence-corrected chi connectivity index (χ3v) is 6.78. The molecule has 0 saturated carbocycles. The maximum atomic E-state index is 13.7. The maximum Gasteiger partial charge on any atom is 0.328 e. The first-order chi connectivity index (χ1) is 15.4. The largest absolute Gasteiger partial charge is 0.328 e. The average Bonchev–Trinajstić information content (AvgIpc) is 2.80. The molecule has 3 amide bonds. The van der Waals surface area contributed by atoms with Gasteiger partial charge in [-0.1, -0.05) is 35.9 Å². The van der Waals surface area contributed by atoms with Crippen LogP contribution < -0.4 is 10.6 Å². The van der Waals surface area contributed by atoms with Gasteiger partial charge in [-0.3, -0.25) is 9.69 Å². The van der Waals surface area contributed by atoms with Gasteiger partial charge in [0.05, 0.1) is 6.04 Å². The molecule has 1 saturated heterocycles. The van der Waals surface area contributed by atoms with Crippen LogP contribution in [0.1, 0.15) is 37.8 Å². The zero-order valence-corrected chi connectivity index (χ0v) is 19.4. The predicted molar refractivity (Wildman–Crippen MR) is 128 cm³/mol. The lowest BCUT2D eigenvalue weighted by Crippen LogP contribution is -2.58. The van der Waals surface area contributed by atoms with Crippen molar-refractivity contribution in [1.82, 2.24) is 15.1 Å². The Hall–Kier alpha value is -2.41. The lowest BCUT2D eigenvalue weighted by Gasteiger charge is -2.40. The maximum absolute atomic E-state index is 13.7. The van der Waals surface area contributed by atoms with E-state index in [0.717, 1.165) is 31.5 Å². The fourth-order valence-electron chi connectivity index (χ4n) is 4.62. The Labute approximate surface area is 194 Å². The van der Waals surface area contributed by atoms with Gasteiger partial charge < -0.3 is 15.5 Å². The van der Waals surface area contributed by atoms with Gasteiger partial charge in [0.1, 0.15) is 0 Å². The first kappa shape index (κ1) is 22.8. The molecule has 32 heavy (non-hydrogen) atoms. The Morgan fingerprint density at radius 3 is 2.38 bits per heavy atom. The second-order valence-corrected chi connectivity index (χ2v) is 9.35. The van der Waals surface area contributed by atoms with Gasteiger partial charge in [0, 0.05) is 42.4 Å². The Morgan fingerprint density at radius 2 is 1.72 bits per heavy atom. The number of imide groups is 1. The van der Waals surface area contributed by atoms with Crippen LogP contribution in [0.15, 0.2) is 48.5 Å². The number of fused-ring (bicyclic) bond motifs is 1. The smallest absolute Gasteiger partial charge is 0.307 e. The predicted octanol–water partition coefficient (Wildman–Crippen LogP) is 4.29. The number of amides is 3. The molecule has 2 aromatic rings. The van der Waals surface area contributed by atoms with Gasteiger partial charge in [-0.05, 0) is 68.5 Å². The van der Waals surface area contributed by atoms with E-state index in [1.165, 1.54) is 10.5 Å². The fraction of sp³-hybridized carbons (Fsp3) is 0.440. The number of nitrogens with one attached hydrogen (secondary N) is 2. The van der Waals surface area contributed by atoms with Crippen LogP contribution in [-0.4, -0.2) is 53.0 Å². The first-order valence-electron chi connectivity index (χ1n) is 11.4. The quantitative estimate of drug-likeness (QED) is 0.723. The van der Waals surface area contributed by atoms with E-state index in [9.17, 15) is 9.59 Å². The van der Waals surface area contributed by atoms with Crippen molar-refractivity contribution < 1.29 is 9.59 Å². The summed E-state index contributed by atoms with van der Waals surface area (Å²) in [5, 5.41) is 6.85. The number of hydrogen-bond donors (Lipinski definition) is 2. The van der Waals surface area contributed by atoms with Crippen LogP contribution in [0.25, 0.3) is 0 Å². The molecule has 2 aliphatic rings. The molecular formula is C25H31ClN4O2. The van der Waals surface area contributed by atoms with Gasteiger partial charge in [0.25, 0.3) is 0 Å². The van der Waals surface area contributed by atoms with Crippen molar-refractivity contribution in [1.29, 1.82) is 0 Å². The molecule has 2 aromatic carbocycles. The molecule has 0 aliphatic carbocycles. The first-order valence-corrected chi connectivity index (χ1v) is 11.7. The van der Waals surface area contributed by atoms with Crippen LogP contribution in [0.2, 0.25) is 5.02 Å². The molecule has 0 bridgehead atoms. The van der Waals surface area contributed by atoms with Crippen LogP contribution in [0.4, 0.5) is 10.5 Å². The standard InChI is InChI=1S/C25H31ClN4O2/c1-17(2)29-13-11-22(12-14-29)30(25(32)28-21-9-7-20(26)8-10-21)24(31)23-15-18-5-3-4-6-19(18)16-27-23/h3-10,17,22-23,27H,11-16H2,1-2H3,(H,28,32). The van der Waals surface area contributed by atoms with E-state index in [1.807, 2.05) is 12.1 Å². The fourth-order valence-corrected chi connectivity index (χ4v) is 4.75. The molecule has 0 radical (unpaired) electrons. The number of piperidine rings is 1. The number of carbonyl (C=O) groups excluding carboxylic acids is 2. The van der Waals surface area contributed by atoms with Gasteiger partial charge in [0.2, 0.25) is 5.91 Å². The highest BCUT2D eigenvalue weighted by molar-refractivity contribution is 6.30. The Balaban J connectivity index is 1.53. The number of halogens is 1. The van der Waals surface area contributed by atoms with Gasteiger partial charge in [-0.15, -0.1) is 0 Å². The summed E-state index contributed by atoms with van der Waals surface area (Å²) in [4.78, 5) is 30.9. The zero-order valence-electron chi connectivity index (χ0n) is 18.7. The van der Waals surface area contributed by atoms with Crippen molar-refractivity contribution >= 4 is 29.2 Å². The molecule has 7 heteroatoms. The summed E-state index contributed by atoms with van der Waals surface area (Å²) >= 11 is 5.97. The molecule has 6 nitrogen and oxygen atoms in total. The van der Waals surface area contributed by atoms with Crippen molar-refractivity contribution in [2.24, 2.45) is 0 Å². The summed E-state index contributed by atoms with van der Waals surface area (Å²) in [6.07, 6.45) is 2.15. The minimum atomic E-state index is -0.413. The van der Waals surface area contributed by atoms with Crippen molar-refractivity contribution in [2.75, 3.05) is 18.4 Å². The van der Waals surface area contributed by atoms with Crippen LogP contribution in [-0.2, 0) is 17.8 Å². The van der Waals surface area contributed by atoms with E-state index in [4.69, 9.17) is 11.6 Å². The summed E-state index contributed by atoms with van der Waals surface area (Å²) in [5.74, 6) is -0.158. The van der Waals surface area contributed by atoms with Crippen molar-refractivity contribution in [3.8, 4) is 0 Å². The number of nitrogens with zero attached hydrogens (tertiary/aromatic N) is 2. The number of benzene rings is 2. The molecular weight excluding hydrogens is 424 g/mol. The van der Waals surface area contributed by atoms with Crippen LogP contribution in [0.3, 0.4) is 0 Å². The van der Waals surface area contributed by atoms with E-state index in [0.29, 0.717) is 29.7 Å². The van der Waals surface area contributed by atoms with E-state index < -0.39 is 6.04 Å². The molecule has 1 atom stereocenters. The zero-order chi connectivity index (χ0) is 22.7. The minimum Gasteiger partial charge on any atom is -0.307 e. The van der Waals surface area contributed by atoms with Crippen molar-refractivity contribution in [3.63, 3.8) is 0 Å². The molecule has 2 heterocycles. The van der Waals surface area contributed by atoms with E-state index in [1.54, 1.807) is 24.3 Å². The molecule has 170 valence electrons. The Morgan fingerprint density at radius 1 is 1.06 bits per heavy atom. The molecule has 2 aliphatic heterocycles. The van der Waals surface area contributed by atoms with Crippen molar-refractivity contribution in [2.45, 2.75) is 57.8 Å². The summed E-state index contributed by atoms with van der Waals surface area (Å²) in [6, 6.07) is 14.7. The molecule has 1 fully saturated rings. The molecule has 2 N–H and O–H groups in total. The highest BCUT2D eigenvalue weighted by Crippen LogP contribution is 2.24. The normalized spacial score (nSPS) is 19.4. The third kappa shape index (κ3) is 5.14. The minimum absolute atomic E-state index is 0.122. The molecule has 4 rings (SSSR count). The highest BCUT2D eigenvalue weighted by Gasteiger charge is 2.37. The second-order valence-electron chi connectivity index (χ2n) is 8.91. The van der Waals surface area contributed by atoms with Crippen molar-refractivity contribution in [3.05, 3.63) is 64.7 Å². The summed E-state index contributed by atoms with van der Waals surface area (Å²) < 4.78 is 0. The van der Waals surface area contributed by atoms with E-state index in [-0.39, 0.29) is 18.0 Å². The number of urea groups is 1. The summed E-state index contributed by atoms with van der Waals surface area (Å²) in [6.45, 7) is 6.74. The van der Waals surface area contributed by atoms with Crippen LogP contribution in [0.5, 0.6) is 0 Å². The van der Waals surface area contributed by atoms with Gasteiger partial charge >= 0.3 is 6.03 Å². The highest BCUT2D eigenvalue weighted by atomic mass is 35.5. The van der Waals surface area contributed by atoms with Gasteiger partial charge in [0.15, 0.2) is 0 Å². The number of likely N-dealkylation sites (tertiary alicyclic amines) is 1. The van der Waals surface area contributed by atoms with E-state index in [2.05, 4.69) is 41.5 Å². The molecule has 0 spiro atoms. The van der Waals surface area contributed by atoms with Gasteiger partial charge in [-0.2, -0.15) is 0 Å². The van der Waals surface area contributed by atoms with Crippen LogP contribution >= 0.6 is 11.6 Å². The van der Waals surface area contributed by atoms with Gasteiger partial charge in [-0.25, -0.2) is 4.79 Å². The lowest BCUT2D eigenvalue weighted by atomic mass is 9.94. The molecule has 0 aromatic heterocycles. The number of rotatable bonds is 4. The number of hydrogen-bond acceptors (Lipinski definition) is 4. The lowest BCUT2D eigenvalue weighted by molar-refractivity contribution is -0.133. The SMILES string of the molecule is CC(C)N1CCC(N(C(=O)Nc2ccc(Cl)cc2)C(=O)C2Cc3ccccc3CN2)CC1. The third-order valence-electron chi connectivity index (χ3n) is 6.53. The topological polar surface area (TPSA) is 64.7 Å². The van der Waals surface area contributed by atoms with Crippen LogP contribution in [0, 0.1) is 0 Å². The summed E-state index contributed by atoms with van der Waals surface area (Å²) in [7, 11) is 0. The van der Waals surface area contributed by atoms with E-state index >= 15 is 0 Å².